The van der Waals surface area contributed by atoms with Gasteiger partial charge in [0.2, 0.25) is 0 Å². The monoisotopic (exact) mass is 290 g/mol. The van der Waals surface area contributed by atoms with Crippen LogP contribution in [0.15, 0.2) is 18.2 Å². The van der Waals surface area contributed by atoms with E-state index in [-0.39, 0.29) is 22.9 Å². The van der Waals surface area contributed by atoms with E-state index in [1.165, 1.54) is 18.6 Å². The molecule has 1 amide bonds. The molecule has 0 atom stereocenters. The Kier molecular flexibility index (Phi) is 3.76. The van der Waals surface area contributed by atoms with Crippen molar-refractivity contribution in [3.05, 3.63) is 23.8 Å². The largest absolute Gasteiger partial charge is 0.504 e. The van der Waals surface area contributed by atoms with Gasteiger partial charge in [-0.05, 0) is 31.0 Å². The highest BCUT2D eigenvalue weighted by atomic mass is 16.3. The lowest BCUT2D eigenvalue weighted by Gasteiger charge is -2.49. The molecule has 1 saturated carbocycles. The summed E-state index contributed by atoms with van der Waals surface area (Å²) in [6.45, 7) is 2.35. The molecule has 21 heavy (non-hydrogen) atoms. The number of nitrogens with zero attached hydrogens (tertiary/aromatic N) is 1. The summed E-state index contributed by atoms with van der Waals surface area (Å²) in [7, 11) is 0. The first-order valence-corrected chi connectivity index (χ1v) is 7.67. The minimum atomic E-state index is -0.242. The van der Waals surface area contributed by atoms with Crippen molar-refractivity contribution in [2.24, 2.45) is 0 Å². The second kappa shape index (κ2) is 5.56. The summed E-state index contributed by atoms with van der Waals surface area (Å²) in [5.74, 6) is -0.485. The Morgan fingerprint density at radius 2 is 1.90 bits per heavy atom. The molecular weight excluding hydrogens is 268 g/mol. The molecule has 5 nitrogen and oxygen atoms in total. The molecule has 1 aliphatic heterocycles. The van der Waals surface area contributed by atoms with Crippen molar-refractivity contribution in [3.8, 4) is 11.5 Å². The summed E-state index contributed by atoms with van der Waals surface area (Å²) < 4.78 is 0. The number of nitrogens with one attached hydrogen (secondary N) is 1. The molecule has 0 unspecified atom stereocenters. The Balaban J connectivity index is 1.88. The first kappa shape index (κ1) is 14.2. The van der Waals surface area contributed by atoms with Gasteiger partial charge >= 0.3 is 0 Å². The van der Waals surface area contributed by atoms with E-state index in [4.69, 9.17) is 0 Å². The van der Waals surface area contributed by atoms with Crippen molar-refractivity contribution in [2.45, 2.75) is 37.6 Å². The number of carbonyl (C=O) groups excluding carboxylic acids is 1. The van der Waals surface area contributed by atoms with E-state index >= 15 is 0 Å². The molecule has 0 radical (unpaired) electrons. The highest BCUT2D eigenvalue weighted by Gasteiger charge is 2.42. The maximum Gasteiger partial charge on any atom is 0.254 e. The fourth-order valence-corrected chi connectivity index (χ4v) is 3.63. The summed E-state index contributed by atoms with van der Waals surface area (Å²) in [5.41, 5.74) is 0.360. The molecule has 0 bridgehead atoms. The van der Waals surface area contributed by atoms with Crippen molar-refractivity contribution in [1.29, 1.82) is 0 Å². The lowest BCUT2D eigenvalue weighted by Crippen LogP contribution is -2.63. The lowest BCUT2D eigenvalue weighted by molar-refractivity contribution is 0.0222. The van der Waals surface area contributed by atoms with E-state index in [1.54, 1.807) is 6.07 Å². The standard InChI is InChI=1S/C16H22N2O3/c19-13-5-4-12(10-14(13)20)15(21)18-9-8-17-11-16(18)6-2-1-3-7-16/h4-5,10,17,19-20H,1-3,6-9,11H2. The third-order valence-corrected chi connectivity index (χ3v) is 4.79. The summed E-state index contributed by atoms with van der Waals surface area (Å²) in [6, 6.07) is 4.31. The van der Waals surface area contributed by atoms with Crippen molar-refractivity contribution in [1.82, 2.24) is 10.2 Å². The van der Waals surface area contributed by atoms with Crippen molar-refractivity contribution >= 4 is 5.91 Å². The number of benzene rings is 1. The predicted molar refractivity (Wildman–Crippen MR) is 79.5 cm³/mol. The topological polar surface area (TPSA) is 72.8 Å². The quantitative estimate of drug-likeness (QED) is 0.690. The zero-order valence-corrected chi connectivity index (χ0v) is 12.1. The molecule has 3 N–H and O–H groups in total. The van der Waals surface area contributed by atoms with E-state index in [0.29, 0.717) is 12.1 Å². The van der Waals surface area contributed by atoms with Crippen LogP contribution in [0.3, 0.4) is 0 Å². The average Bonchev–Trinajstić information content (AvgIpc) is 2.51. The molecule has 1 aromatic carbocycles. The van der Waals surface area contributed by atoms with Gasteiger partial charge in [0.15, 0.2) is 11.5 Å². The molecule has 2 fully saturated rings. The molecular formula is C16H22N2O3. The van der Waals surface area contributed by atoms with Gasteiger partial charge in [0, 0.05) is 25.2 Å². The molecule has 0 aromatic heterocycles. The minimum Gasteiger partial charge on any atom is -0.504 e. The van der Waals surface area contributed by atoms with Crippen LogP contribution in [0.1, 0.15) is 42.5 Å². The molecule has 5 heteroatoms. The van der Waals surface area contributed by atoms with Crippen LogP contribution in [-0.4, -0.2) is 46.2 Å². The number of amides is 1. The number of aromatic hydroxyl groups is 2. The van der Waals surface area contributed by atoms with Gasteiger partial charge in [0.1, 0.15) is 0 Å². The van der Waals surface area contributed by atoms with Gasteiger partial charge in [-0.15, -0.1) is 0 Å². The third-order valence-electron chi connectivity index (χ3n) is 4.79. The average molecular weight is 290 g/mol. The Hall–Kier alpha value is -1.75. The zero-order valence-electron chi connectivity index (χ0n) is 12.1. The van der Waals surface area contributed by atoms with Gasteiger partial charge < -0.3 is 20.4 Å². The van der Waals surface area contributed by atoms with Crippen LogP contribution in [0.2, 0.25) is 0 Å². The van der Waals surface area contributed by atoms with Crippen molar-refractivity contribution in [2.75, 3.05) is 19.6 Å². The van der Waals surface area contributed by atoms with Crippen LogP contribution in [-0.2, 0) is 0 Å². The third kappa shape index (κ3) is 2.58. The second-order valence-electron chi connectivity index (χ2n) is 6.12. The molecule has 114 valence electrons. The van der Waals surface area contributed by atoms with Gasteiger partial charge in [-0.2, -0.15) is 0 Å². The number of hydrogen-bond donors (Lipinski definition) is 3. The molecule has 1 heterocycles. The number of phenols is 2. The van der Waals surface area contributed by atoms with Gasteiger partial charge in [-0.1, -0.05) is 19.3 Å². The smallest absolute Gasteiger partial charge is 0.254 e. The highest BCUT2D eigenvalue weighted by molar-refractivity contribution is 5.95. The van der Waals surface area contributed by atoms with E-state index in [0.717, 1.165) is 38.8 Å². The fraction of sp³-hybridized carbons (Fsp3) is 0.562. The minimum absolute atomic E-state index is 0.0475. The van der Waals surface area contributed by atoms with Gasteiger partial charge in [-0.3, -0.25) is 4.79 Å². The predicted octanol–water partition coefficient (Wildman–Crippen LogP) is 1.85. The molecule has 2 aliphatic rings. The fourth-order valence-electron chi connectivity index (χ4n) is 3.63. The van der Waals surface area contributed by atoms with E-state index in [9.17, 15) is 15.0 Å². The molecule has 3 rings (SSSR count). The highest BCUT2D eigenvalue weighted by Crippen LogP contribution is 2.36. The summed E-state index contributed by atoms with van der Waals surface area (Å²) >= 11 is 0. The van der Waals surface area contributed by atoms with Crippen LogP contribution in [0.25, 0.3) is 0 Å². The normalized spacial score (nSPS) is 21.4. The first-order chi connectivity index (χ1) is 10.1. The van der Waals surface area contributed by atoms with Crippen LogP contribution in [0.5, 0.6) is 11.5 Å². The summed E-state index contributed by atoms with van der Waals surface area (Å²) in [5, 5.41) is 22.4. The number of hydrogen-bond acceptors (Lipinski definition) is 4. The SMILES string of the molecule is O=C(c1ccc(O)c(O)c1)N1CCNCC12CCCCC2. The number of carbonyl (C=O) groups is 1. The lowest BCUT2D eigenvalue weighted by atomic mass is 9.78. The number of piperazine rings is 1. The first-order valence-electron chi connectivity index (χ1n) is 7.67. The molecule has 1 saturated heterocycles. The second-order valence-corrected chi connectivity index (χ2v) is 6.12. The van der Waals surface area contributed by atoms with Crippen LogP contribution >= 0.6 is 0 Å². The molecule has 1 spiro atoms. The summed E-state index contributed by atoms with van der Waals surface area (Å²) in [6.07, 6.45) is 5.63. The van der Waals surface area contributed by atoms with E-state index < -0.39 is 0 Å². The maximum absolute atomic E-state index is 12.8. The Labute approximate surface area is 124 Å². The van der Waals surface area contributed by atoms with E-state index in [2.05, 4.69) is 5.32 Å². The van der Waals surface area contributed by atoms with Gasteiger partial charge in [-0.25, -0.2) is 0 Å². The zero-order chi connectivity index (χ0) is 14.9. The van der Waals surface area contributed by atoms with Crippen LogP contribution in [0, 0.1) is 0 Å². The Morgan fingerprint density at radius 1 is 1.14 bits per heavy atom. The Morgan fingerprint density at radius 3 is 2.62 bits per heavy atom. The van der Waals surface area contributed by atoms with Gasteiger partial charge in [0.25, 0.3) is 5.91 Å². The molecule has 1 aliphatic carbocycles. The summed E-state index contributed by atoms with van der Waals surface area (Å²) in [4.78, 5) is 14.8. The van der Waals surface area contributed by atoms with Crippen molar-refractivity contribution in [3.63, 3.8) is 0 Å². The Bertz CT molecular complexity index is 530. The number of phenolic OH excluding ortho intramolecular Hbond substituents is 2. The van der Waals surface area contributed by atoms with E-state index in [1.807, 2.05) is 4.90 Å². The van der Waals surface area contributed by atoms with Gasteiger partial charge in [0.05, 0.1) is 5.54 Å². The van der Waals surface area contributed by atoms with Crippen molar-refractivity contribution < 1.29 is 15.0 Å². The number of rotatable bonds is 1. The molecule has 1 aromatic rings. The van der Waals surface area contributed by atoms with Crippen LogP contribution in [0.4, 0.5) is 0 Å². The van der Waals surface area contributed by atoms with Crippen LogP contribution < -0.4 is 5.32 Å². The maximum atomic E-state index is 12.8.